The SMILES string of the molecule is COc1ccc(Nc2nccc(C(=O)N3CCN(c4ccccc4)CC3)n2)cc1. The predicted octanol–water partition coefficient (Wildman–Crippen LogP) is 3.19. The van der Waals surface area contributed by atoms with E-state index >= 15 is 0 Å². The summed E-state index contributed by atoms with van der Waals surface area (Å²) in [5.41, 5.74) is 2.41. The Morgan fingerprint density at radius 2 is 1.69 bits per heavy atom. The number of carbonyl (C=O) groups is 1. The molecule has 1 aliphatic rings. The van der Waals surface area contributed by atoms with Crippen molar-refractivity contribution in [2.45, 2.75) is 0 Å². The van der Waals surface area contributed by atoms with Crippen LogP contribution in [0.3, 0.4) is 0 Å². The molecule has 0 radical (unpaired) electrons. The fourth-order valence-corrected chi connectivity index (χ4v) is 3.31. The van der Waals surface area contributed by atoms with Crippen LogP contribution in [0.2, 0.25) is 0 Å². The van der Waals surface area contributed by atoms with Crippen LogP contribution in [0.1, 0.15) is 10.5 Å². The van der Waals surface area contributed by atoms with Crippen LogP contribution in [-0.2, 0) is 0 Å². The van der Waals surface area contributed by atoms with Gasteiger partial charge in [0.05, 0.1) is 7.11 Å². The highest BCUT2D eigenvalue weighted by Crippen LogP contribution is 2.19. The van der Waals surface area contributed by atoms with Crippen LogP contribution < -0.4 is 15.0 Å². The first-order chi connectivity index (χ1) is 14.2. The van der Waals surface area contributed by atoms with Gasteiger partial charge in [-0.25, -0.2) is 9.97 Å². The molecule has 1 saturated heterocycles. The molecule has 1 N–H and O–H groups in total. The van der Waals surface area contributed by atoms with Crippen molar-refractivity contribution in [2.24, 2.45) is 0 Å². The van der Waals surface area contributed by atoms with E-state index in [1.165, 1.54) is 5.69 Å². The van der Waals surface area contributed by atoms with E-state index < -0.39 is 0 Å². The Morgan fingerprint density at radius 1 is 0.966 bits per heavy atom. The van der Waals surface area contributed by atoms with Crippen molar-refractivity contribution in [1.29, 1.82) is 0 Å². The second-order valence-electron chi connectivity index (χ2n) is 6.73. The molecule has 7 nitrogen and oxygen atoms in total. The van der Waals surface area contributed by atoms with Crippen LogP contribution in [0.15, 0.2) is 66.9 Å². The summed E-state index contributed by atoms with van der Waals surface area (Å²) in [7, 11) is 1.63. The standard InChI is InChI=1S/C22H23N5O2/c1-29-19-9-7-17(8-10-19)24-22-23-12-11-20(25-22)21(28)27-15-13-26(14-16-27)18-5-3-2-4-6-18/h2-12H,13-16H2,1H3,(H,23,24,25). The van der Waals surface area contributed by atoms with E-state index in [-0.39, 0.29) is 5.91 Å². The van der Waals surface area contributed by atoms with Gasteiger partial charge in [0.25, 0.3) is 5.91 Å². The van der Waals surface area contributed by atoms with Crippen LogP contribution in [0.5, 0.6) is 5.75 Å². The van der Waals surface area contributed by atoms with Crippen LogP contribution >= 0.6 is 0 Å². The molecule has 0 spiro atoms. The molecule has 1 aromatic heterocycles. The quantitative estimate of drug-likeness (QED) is 0.723. The van der Waals surface area contributed by atoms with Gasteiger partial charge in [-0.15, -0.1) is 0 Å². The summed E-state index contributed by atoms with van der Waals surface area (Å²) in [6.45, 7) is 2.94. The van der Waals surface area contributed by atoms with Crippen molar-refractivity contribution in [3.05, 3.63) is 72.6 Å². The average molecular weight is 389 g/mol. The molecule has 29 heavy (non-hydrogen) atoms. The van der Waals surface area contributed by atoms with Gasteiger partial charge in [-0.2, -0.15) is 0 Å². The first-order valence-electron chi connectivity index (χ1n) is 9.56. The maximum atomic E-state index is 12.9. The molecular weight excluding hydrogens is 366 g/mol. The Morgan fingerprint density at radius 3 is 2.38 bits per heavy atom. The molecule has 2 aromatic carbocycles. The number of ether oxygens (including phenoxy) is 1. The normalized spacial score (nSPS) is 13.8. The largest absolute Gasteiger partial charge is 0.497 e. The summed E-state index contributed by atoms with van der Waals surface area (Å²) < 4.78 is 5.16. The van der Waals surface area contributed by atoms with Crippen molar-refractivity contribution in [1.82, 2.24) is 14.9 Å². The summed E-state index contributed by atoms with van der Waals surface area (Å²) in [6.07, 6.45) is 1.60. The number of nitrogens with one attached hydrogen (secondary N) is 1. The van der Waals surface area contributed by atoms with Crippen LogP contribution in [0.4, 0.5) is 17.3 Å². The van der Waals surface area contributed by atoms with E-state index in [1.54, 1.807) is 19.4 Å². The third-order valence-electron chi connectivity index (χ3n) is 4.91. The Hall–Kier alpha value is -3.61. The molecule has 3 aromatic rings. The van der Waals surface area contributed by atoms with E-state index in [0.29, 0.717) is 24.7 Å². The summed E-state index contributed by atoms with van der Waals surface area (Å²) in [5, 5.41) is 3.13. The monoisotopic (exact) mass is 389 g/mol. The number of piperazine rings is 1. The van der Waals surface area contributed by atoms with Crippen molar-refractivity contribution < 1.29 is 9.53 Å². The number of para-hydroxylation sites is 1. The summed E-state index contributed by atoms with van der Waals surface area (Å²) >= 11 is 0. The maximum absolute atomic E-state index is 12.9. The molecule has 1 fully saturated rings. The molecular formula is C22H23N5O2. The number of hydrogen-bond acceptors (Lipinski definition) is 6. The Bertz CT molecular complexity index is 954. The molecule has 1 aliphatic heterocycles. The number of methoxy groups -OCH3 is 1. The molecule has 0 aliphatic carbocycles. The number of rotatable bonds is 5. The lowest BCUT2D eigenvalue weighted by molar-refractivity contribution is 0.0741. The van der Waals surface area contributed by atoms with Crippen molar-refractivity contribution in [2.75, 3.05) is 43.5 Å². The second-order valence-corrected chi connectivity index (χ2v) is 6.73. The zero-order valence-corrected chi connectivity index (χ0v) is 16.3. The van der Waals surface area contributed by atoms with Gasteiger partial charge in [0.2, 0.25) is 5.95 Å². The molecule has 0 bridgehead atoms. The first-order valence-corrected chi connectivity index (χ1v) is 9.56. The second kappa shape index (κ2) is 8.60. The molecule has 0 atom stereocenters. The minimum atomic E-state index is -0.0714. The van der Waals surface area contributed by atoms with Gasteiger partial charge in [-0.05, 0) is 42.5 Å². The topological polar surface area (TPSA) is 70.6 Å². The number of hydrogen-bond donors (Lipinski definition) is 1. The summed E-state index contributed by atoms with van der Waals surface area (Å²) in [4.78, 5) is 25.7. The third kappa shape index (κ3) is 4.45. The van der Waals surface area contributed by atoms with Gasteiger partial charge in [-0.1, -0.05) is 18.2 Å². The van der Waals surface area contributed by atoms with E-state index in [9.17, 15) is 4.79 Å². The number of nitrogens with zero attached hydrogens (tertiary/aromatic N) is 4. The van der Waals surface area contributed by atoms with E-state index in [1.807, 2.05) is 47.4 Å². The minimum absolute atomic E-state index is 0.0714. The fraction of sp³-hybridized carbons (Fsp3) is 0.227. The highest BCUT2D eigenvalue weighted by atomic mass is 16.5. The highest BCUT2D eigenvalue weighted by molar-refractivity contribution is 5.92. The highest BCUT2D eigenvalue weighted by Gasteiger charge is 2.23. The van der Waals surface area contributed by atoms with Gasteiger partial charge in [-0.3, -0.25) is 4.79 Å². The lowest BCUT2D eigenvalue weighted by atomic mass is 10.2. The summed E-state index contributed by atoms with van der Waals surface area (Å²) in [5.74, 6) is 1.09. The lowest BCUT2D eigenvalue weighted by Crippen LogP contribution is -2.49. The Balaban J connectivity index is 1.39. The number of amides is 1. The zero-order valence-electron chi connectivity index (χ0n) is 16.3. The van der Waals surface area contributed by atoms with Crippen LogP contribution in [0.25, 0.3) is 0 Å². The minimum Gasteiger partial charge on any atom is -0.497 e. The van der Waals surface area contributed by atoms with Crippen LogP contribution in [0, 0.1) is 0 Å². The van der Waals surface area contributed by atoms with Crippen molar-refractivity contribution >= 4 is 23.2 Å². The zero-order chi connectivity index (χ0) is 20.1. The third-order valence-corrected chi connectivity index (χ3v) is 4.91. The van der Waals surface area contributed by atoms with E-state index in [4.69, 9.17) is 4.74 Å². The molecule has 148 valence electrons. The van der Waals surface area contributed by atoms with E-state index in [0.717, 1.165) is 24.5 Å². The van der Waals surface area contributed by atoms with Gasteiger partial charge >= 0.3 is 0 Å². The Kier molecular flexibility index (Phi) is 5.56. The van der Waals surface area contributed by atoms with E-state index in [2.05, 4.69) is 32.3 Å². The van der Waals surface area contributed by atoms with Crippen molar-refractivity contribution in [3.8, 4) is 5.75 Å². The number of benzene rings is 2. The first kappa shape index (κ1) is 18.7. The van der Waals surface area contributed by atoms with Gasteiger partial charge in [0.1, 0.15) is 11.4 Å². The molecule has 0 saturated carbocycles. The number of aromatic nitrogens is 2. The predicted molar refractivity (Wildman–Crippen MR) is 113 cm³/mol. The number of carbonyl (C=O) groups excluding carboxylic acids is 1. The molecule has 1 amide bonds. The smallest absolute Gasteiger partial charge is 0.272 e. The van der Waals surface area contributed by atoms with Crippen molar-refractivity contribution in [3.63, 3.8) is 0 Å². The van der Waals surface area contributed by atoms with Gasteiger partial charge < -0.3 is 19.9 Å². The molecule has 0 unspecified atom stereocenters. The average Bonchev–Trinajstić information content (AvgIpc) is 2.80. The molecule has 4 rings (SSSR count). The summed E-state index contributed by atoms with van der Waals surface area (Å²) in [6, 6.07) is 19.4. The lowest BCUT2D eigenvalue weighted by Gasteiger charge is -2.36. The Labute approximate surface area is 170 Å². The molecule has 2 heterocycles. The maximum Gasteiger partial charge on any atom is 0.272 e. The van der Waals surface area contributed by atoms with Crippen LogP contribution in [-0.4, -0.2) is 54.1 Å². The fourth-order valence-electron chi connectivity index (χ4n) is 3.31. The van der Waals surface area contributed by atoms with Gasteiger partial charge in [0, 0.05) is 43.8 Å². The number of anilines is 3. The van der Waals surface area contributed by atoms with Gasteiger partial charge in [0.15, 0.2) is 0 Å². The molecule has 7 heteroatoms.